The number of hydrogen-bond acceptors (Lipinski definition) is 3. The fourth-order valence-corrected chi connectivity index (χ4v) is 2.61. The lowest BCUT2D eigenvalue weighted by Crippen LogP contribution is -2.27. The van der Waals surface area contributed by atoms with Gasteiger partial charge >= 0.3 is 0 Å². The minimum absolute atomic E-state index is 0.120. The smallest absolute Gasteiger partial charge is 0.270 e. The van der Waals surface area contributed by atoms with Gasteiger partial charge in [-0.25, -0.2) is 0 Å². The molecule has 0 aliphatic carbocycles. The number of aromatic nitrogens is 4. The maximum Gasteiger partial charge on any atom is 0.270 e. The van der Waals surface area contributed by atoms with E-state index in [4.69, 9.17) is 0 Å². The minimum atomic E-state index is -0.120. The zero-order valence-electron chi connectivity index (χ0n) is 11.9. The van der Waals surface area contributed by atoms with Crippen LogP contribution in [0.3, 0.4) is 0 Å². The van der Waals surface area contributed by atoms with Crippen LogP contribution in [0, 0.1) is 13.8 Å². The Bertz CT molecular complexity index is 597. The van der Waals surface area contributed by atoms with Crippen LogP contribution in [0.25, 0.3) is 0 Å². The fraction of sp³-hybridized carbons (Fsp3) is 0.462. The average Bonchev–Trinajstić information content (AvgIpc) is 2.87. The number of amides is 1. The minimum Gasteiger partial charge on any atom is -0.351 e. The molecule has 2 rings (SSSR count). The quantitative estimate of drug-likeness (QED) is 0.845. The molecular weight excluding hydrogens is 322 g/mol. The van der Waals surface area contributed by atoms with Crippen molar-refractivity contribution >= 4 is 21.8 Å². The van der Waals surface area contributed by atoms with Gasteiger partial charge in [-0.2, -0.15) is 10.2 Å². The van der Waals surface area contributed by atoms with Crippen LogP contribution in [0.5, 0.6) is 0 Å². The van der Waals surface area contributed by atoms with Crippen LogP contribution < -0.4 is 5.32 Å². The monoisotopic (exact) mass is 339 g/mol. The normalized spacial score (nSPS) is 10.8. The summed E-state index contributed by atoms with van der Waals surface area (Å²) in [6.07, 6.45) is 2.45. The Kier molecular flexibility index (Phi) is 4.59. The Morgan fingerprint density at radius 1 is 1.45 bits per heavy atom. The molecule has 1 N–H and O–H groups in total. The highest BCUT2D eigenvalue weighted by Gasteiger charge is 2.14. The van der Waals surface area contributed by atoms with Crippen molar-refractivity contribution in [1.29, 1.82) is 0 Å². The summed E-state index contributed by atoms with van der Waals surface area (Å²) in [6, 6.07) is 2.05. The summed E-state index contributed by atoms with van der Waals surface area (Å²) < 4.78 is 4.22. The molecule has 0 spiro atoms. The molecule has 2 aromatic heterocycles. The molecule has 0 aliphatic heterocycles. The number of halogens is 1. The number of nitrogens with one attached hydrogen (secondary N) is 1. The summed E-state index contributed by atoms with van der Waals surface area (Å²) >= 11 is 3.32. The molecule has 0 aliphatic rings. The topological polar surface area (TPSA) is 64.7 Å². The van der Waals surface area contributed by atoms with E-state index >= 15 is 0 Å². The number of nitrogens with zero attached hydrogens (tertiary/aromatic N) is 4. The number of carbonyl (C=O) groups is 1. The highest BCUT2D eigenvalue weighted by atomic mass is 79.9. The summed E-state index contributed by atoms with van der Waals surface area (Å²) in [7, 11) is 1.75. The molecule has 0 aromatic carbocycles. The molecule has 0 saturated heterocycles. The van der Waals surface area contributed by atoms with Crippen LogP contribution in [0.4, 0.5) is 0 Å². The lowest BCUT2D eigenvalue weighted by atomic mass is 10.3. The van der Waals surface area contributed by atoms with Gasteiger partial charge in [0.1, 0.15) is 5.69 Å². The molecule has 0 atom stereocenters. The first-order valence-corrected chi connectivity index (χ1v) is 7.25. The highest BCUT2D eigenvalue weighted by molar-refractivity contribution is 9.10. The average molecular weight is 340 g/mol. The predicted molar refractivity (Wildman–Crippen MR) is 79.6 cm³/mol. The standard InChI is InChI=1S/C13H18BrN5O/c1-9-7-10(2)19(17-9)6-4-5-15-13(20)12-11(14)8-16-18(12)3/h7-8H,4-6H2,1-3H3,(H,15,20). The molecule has 108 valence electrons. The van der Waals surface area contributed by atoms with E-state index < -0.39 is 0 Å². The third kappa shape index (κ3) is 3.27. The van der Waals surface area contributed by atoms with Gasteiger partial charge in [-0.15, -0.1) is 0 Å². The molecule has 2 heterocycles. The van der Waals surface area contributed by atoms with Gasteiger partial charge in [0.25, 0.3) is 5.91 Å². The summed E-state index contributed by atoms with van der Waals surface area (Å²) in [5.41, 5.74) is 2.70. The number of carbonyl (C=O) groups excluding carboxylic acids is 1. The zero-order valence-corrected chi connectivity index (χ0v) is 13.4. The van der Waals surface area contributed by atoms with E-state index in [1.54, 1.807) is 17.9 Å². The SMILES string of the molecule is Cc1cc(C)n(CCCNC(=O)c2c(Br)cnn2C)n1. The summed E-state index contributed by atoms with van der Waals surface area (Å²) in [5, 5.41) is 11.3. The Balaban J connectivity index is 1.82. The number of hydrogen-bond donors (Lipinski definition) is 1. The van der Waals surface area contributed by atoms with Crippen molar-refractivity contribution in [1.82, 2.24) is 24.9 Å². The van der Waals surface area contributed by atoms with E-state index in [1.165, 1.54) is 0 Å². The van der Waals surface area contributed by atoms with Gasteiger partial charge in [-0.3, -0.25) is 14.2 Å². The van der Waals surface area contributed by atoms with E-state index in [-0.39, 0.29) is 5.91 Å². The van der Waals surface area contributed by atoms with Crippen molar-refractivity contribution in [2.75, 3.05) is 6.54 Å². The highest BCUT2D eigenvalue weighted by Crippen LogP contribution is 2.14. The first-order valence-electron chi connectivity index (χ1n) is 6.46. The Labute approximate surface area is 126 Å². The maximum absolute atomic E-state index is 12.0. The third-order valence-corrected chi connectivity index (χ3v) is 3.63. The lowest BCUT2D eigenvalue weighted by molar-refractivity contribution is 0.0942. The van der Waals surface area contributed by atoms with Gasteiger partial charge < -0.3 is 5.32 Å². The zero-order chi connectivity index (χ0) is 14.7. The van der Waals surface area contributed by atoms with E-state index in [1.807, 2.05) is 24.6 Å². The van der Waals surface area contributed by atoms with Crippen molar-refractivity contribution in [3.8, 4) is 0 Å². The van der Waals surface area contributed by atoms with Crippen LogP contribution in [-0.2, 0) is 13.6 Å². The van der Waals surface area contributed by atoms with E-state index in [2.05, 4.69) is 31.4 Å². The molecule has 1 amide bonds. The van der Waals surface area contributed by atoms with E-state index in [0.717, 1.165) is 24.4 Å². The Morgan fingerprint density at radius 2 is 2.20 bits per heavy atom. The summed E-state index contributed by atoms with van der Waals surface area (Å²) in [5.74, 6) is -0.120. The van der Waals surface area contributed by atoms with Crippen LogP contribution in [-0.4, -0.2) is 32.0 Å². The second kappa shape index (κ2) is 6.21. The van der Waals surface area contributed by atoms with Crippen molar-refractivity contribution < 1.29 is 4.79 Å². The maximum atomic E-state index is 12.0. The van der Waals surface area contributed by atoms with Crippen molar-refractivity contribution in [3.63, 3.8) is 0 Å². The van der Waals surface area contributed by atoms with Gasteiger partial charge in [0.2, 0.25) is 0 Å². The first-order chi connectivity index (χ1) is 9.49. The van der Waals surface area contributed by atoms with Crippen molar-refractivity contribution in [3.05, 3.63) is 33.8 Å². The van der Waals surface area contributed by atoms with Crippen molar-refractivity contribution in [2.24, 2.45) is 7.05 Å². The molecule has 0 fully saturated rings. The molecule has 0 unspecified atom stereocenters. The summed E-state index contributed by atoms with van der Waals surface area (Å²) in [4.78, 5) is 12.0. The second-order valence-electron chi connectivity index (χ2n) is 4.72. The third-order valence-electron chi connectivity index (χ3n) is 3.04. The van der Waals surface area contributed by atoms with E-state index in [9.17, 15) is 4.79 Å². The van der Waals surface area contributed by atoms with Crippen LogP contribution in [0.2, 0.25) is 0 Å². The lowest BCUT2D eigenvalue weighted by Gasteiger charge is -2.07. The molecular formula is C13H18BrN5O. The largest absolute Gasteiger partial charge is 0.351 e. The molecule has 20 heavy (non-hydrogen) atoms. The van der Waals surface area contributed by atoms with E-state index in [0.29, 0.717) is 16.7 Å². The predicted octanol–water partition coefficient (Wildman–Crippen LogP) is 1.82. The molecule has 2 aromatic rings. The number of aryl methyl sites for hydroxylation is 4. The fourth-order valence-electron chi connectivity index (χ4n) is 2.08. The van der Waals surface area contributed by atoms with Crippen LogP contribution >= 0.6 is 15.9 Å². The van der Waals surface area contributed by atoms with Crippen molar-refractivity contribution in [2.45, 2.75) is 26.8 Å². The van der Waals surface area contributed by atoms with Gasteiger partial charge in [0.05, 0.1) is 16.4 Å². The second-order valence-corrected chi connectivity index (χ2v) is 5.58. The molecule has 0 saturated carbocycles. The number of rotatable bonds is 5. The molecule has 0 bridgehead atoms. The molecule has 6 nitrogen and oxygen atoms in total. The van der Waals surface area contributed by atoms with Gasteiger partial charge in [-0.05, 0) is 42.3 Å². The molecule has 7 heteroatoms. The summed E-state index contributed by atoms with van der Waals surface area (Å²) in [6.45, 7) is 5.41. The van der Waals surface area contributed by atoms with Crippen LogP contribution in [0.15, 0.2) is 16.7 Å². The van der Waals surface area contributed by atoms with Gasteiger partial charge in [0.15, 0.2) is 0 Å². The van der Waals surface area contributed by atoms with Gasteiger partial charge in [-0.1, -0.05) is 0 Å². The Morgan fingerprint density at radius 3 is 2.75 bits per heavy atom. The Hall–Kier alpha value is -1.63. The van der Waals surface area contributed by atoms with Crippen LogP contribution in [0.1, 0.15) is 28.3 Å². The molecule has 0 radical (unpaired) electrons. The van der Waals surface area contributed by atoms with Gasteiger partial charge in [0, 0.05) is 25.8 Å². The first kappa shape index (κ1) is 14.8.